The second-order valence-corrected chi connectivity index (χ2v) is 11.8. The maximum Gasteiger partial charge on any atom is 0.408 e. The molecule has 0 saturated heterocycles. The van der Waals surface area contributed by atoms with Gasteiger partial charge in [-0.3, -0.25) is 9.59 Å². The molecule has 0 heterocycles. The Morgan fingerprint density at radius 2 is 1.66 bits per heavy atom. The fourth-order valence-corrected chi connectivity index (χ4v) is 5.13. The van der Waals surface area contributed by atoms with Gasteiger partial charge in [0, 0.05) is 12.6 Å². The molecule has 214 valence electrons. The number of nitrogens with zero attached hydrogens (tertiary/aromatic N) is 1. The molecule has 1 fully saturated rings. The zero-order chi connectivity index (χ0) is 28.1. The van der Waals surface area contributed by atoms with E-state index in [0.29, 0.717) is 6.54 Å². The van der Waals surface area contributed by atoms with Crippen LogP contribution in [0.4, 0.5) is 4.79 Å². The van der Waals surface area contributed by atoms with Gasteiger partial charge in [-0.25, -0.2) is 4.79 Å². The van der Waals surface area contributed by atoms with Crippen molar-refractivity contribution in [3.63, 3.8) is 0 Å². The molecule has 1 aromatic rings. The van der Waals surface area contributed by atoms with Crippen LogP contribution in [0.15, 0.2) is 18.2 Å². The van der Waals surface area contributed by atoms with Crippen molar-refractivity contribution in [3.05, 3.63) is 34.9 Å². The number of aryl methyl sites for hydroxylation is 2. The molecule has 2 N–H and O–H groups in total. The van der Waals surface area contributed by atoms with E-state index >= 15 is 0 Å². The molecule has 38 heavy (non-hydrogen) atoms. The molecule has 2 rings (SSSR count). The van der Waals surface area contributed by atoms with E-state index in [0.717, 1.165) is 61.6 Å². The average molecular weight is 530 g/mol. The van der Waals surface area contributed by atoms with E-state index in [1.807, 2.05) is 26.0 Å². The molecule has 1 aliphatic carbocycles. The summed E-state index contributed by atoms with van der Waals surface area (Å²) in [6.07, 6.45) is 11.2. The van der Waals surface area contributed by atoms with Crippen LogP contribution < -0.4 is 10.6 Å². The summed E-state index contributed by atoms with van der Waals surface area (Å²) in [5.74, 6) is -0.423. The molecule has 1 atom stereocenters. The van der Waals surface area contributed by atoms with Crippen LogP contribution in [-0.2, 0) is 14.3 Å². The predicted molar refractivity (Wildman–Crippen MR) is 153 cm³/mol. The van der Waals surface area contributed by atoms with Crippen LogP contribution >= 0.6 is 0 Å². The predicted octanol–water partition coefficient (Wildman–Crippen LogP) is 6.51. The van der Waals surface area contributed by atoms with Crippen molar-refractivity contribution in [2.24, 2.45) is 0 Å². The van der Waals surface area contributed by atoms with Crippen molar-refractivity contribution in [1.29, 1.82) is 0 Å². The zero-order valence-electron chi connectivity index (χ0n) is 24.7. The molecule has 0 spiro atoms. The largest absolute Gasteiger partial charge is 0.444 e. The first-order valence-corrected chi connectivity index (χ1v) is 14.7. The van der Waals surface area contributed by atoms with Gasteiger partial charge in [-0.1, -0.05) is 82.1 Å². The van der Waals surface area contributed by atoms with Crippen LogP contribution in [0, 0.1) is 13.8 Å². The minimum absolute atomic E-state index is 0.135. The third-order valence-electron chi connectivity index (χ3n) is 7.09. The summed E-state index contributed by atoms with van der Waals surface area (Å²) in [7, 11) is 0. The van der Waals surface area contributed by atoms with Gasteiger partial charge in [0.2, 0.25) is 11.8 Å². The lowest BCUT2D eigenvalue weighted by Crippen LogP contribution is -2.50. The number of alkyl carbamates (subject to hydrolysis) is 1. The fraction of sp³-hybridized carbons (Fsp3) is 0.710. The summed E-state index contributed by atoms with van der Waals surface area (Å²) in [5.41, 5.74) is 2.26. The van der Waals surface area contributed by atoms with Gasteiger partial charge >= 0.3 is 6.09 Å². The van der Waals surface area contributed by atoms with Gasteiger partial charge in [0.25, 0.3) is 0 Å². The number of hydrogen-bond donors (Lipinski definition) is 2. The van der Waals surface area contributed by atoms with E-state index in [1.165, 1.54) is 25.7 Å². The molecular formula is C31H51N3O4. The number of ether oxygens (including phenoxy) is 1. The second-order valence-electron chi connectivity index (χ2n) is 11.8. The van der Waals surface area contributed by atoms with Crippen molar-refractivity contribution >= 4 is 17.9 Å². The summed E-state index contributed by atoms with van der Waals surface area (Å²) in [5, 5.41) is 5.87. The number of hydrogen-bond acceptors (Lipinski definition) is 4. The molecule has 7 heteroatoms. The third-order valence-corrected chi connectivity index (χ3v) is 7.09. The summed E-state index contributed by atoms with van der Waals surface area (Å²) < 4.78 is 5.33. The fourth-order valence-electron chi connectivity index (χ4n) is 5.13. The number of rotatable bonds is 13. The van der Waals surface area contributed by atoms with Gasteiger partial charge in [0.1, 0.15) is 18.2 Å². The van der Waals surface area contributed by atoms with Crippen LogP contribution in [0.3, 0.4) is 0 Å². The van der Waals surface area contributed by atoms with Gasteiger partial charge < -0.3 is 20.3 Å². The molecule has 1 aromatic carbocycles. The summed E-state index contributed by atoms with van der Waals surface area (Å²) in [6.45, 7) is 11.8. The molecule has 7 nitrogen and oxygen atoms in total. The van der Waals surface area contributed by atoms with Crippen LogP contribution in [0.1, 0.15) is 121 Å². The van der Waals surface area contributed by atoms with E-state index in [9.17, 15) is 14.4 Å². The van der Waals surface area contributed by atoms with Gasteiger partial charge in [-0.2, -0.15) is 0 Å². The number of amides is 3. The Morgan fingerprint density at radius 3 is 2.29 bits per heavy atom. The lowest BCUT2D eigenvalue weighted by molar-refractivity contribution is -0.140. The standard InChI is InChI=1S/C31H51N3O4/c1-7-8-9-10-11-15-20-34(27(35)22-32-30(37)38-31(4,5)6)28(26-19-18-23(2)21-24(26)3)29(36)33-25-16-13-12-14-17-25/h18-19,21,25,28H,7-17,20,22H2,1-6H3,(H,32,37)(H,33,36). The van der Waals surface area contributed by atoms with E-state index in [4.69, 9.17) is 4.74 Å². The lowest BCUT2D eigenvalue weighted by Gasteiger charge is -2.34. The molecule has 1 unspecified atom stereocenters. The Morgan fingerprint density at radius 1 is 1.00 bits per heavy atom. The molecule has 0 aromatic heterocycles. The first-order chi connectivity index (χ1) is 18.0. The highest BCUT2D eigenvalue weighted by Crippen LogP contribution is 2.28. The highest BCUT2D eigenvalue weighted by Gasteiger charge is 2.33. The van der Waals surface area contributed by atoms with Crippen LogP contribution in [0.25, 0.3) is 0 Å². The quantitative estimate of drug-likeness (QED) is 0.285. The number of carbonyl (C=O) groups excluding carboxylic acids is 3. The molecule has 1 saturated carbocycles. The number of carbonyl (C=O) groups is 3. The second kappa shape index (κ2) is 15.7. The van der Waals surface area contributed by atoms with Crippen LogP contribution in [0.5, 0.6) is 0 Å². The molecule has 1 aliphatic rings. The van der Waals surface area contributed by atoms with Gasteiger partial charge in [0.05, 0.1) is 0 Å². The first kappa shape index (κ1) is 31.6. The average Bonchev–Trinajstić information content (AvgIpc) is 2.84. The van der Waals surface area contributed by atoms with Crippen LogP contribution in [0.2, 0.25) is 0 Å². The highest BCUT2D eigenvalue weighted by molar-refractivity contribution is 5.90. The minimum Gasteiger partial charge on any atom is -0.444 e. The van der Waals surface area contributed by atoms with E-state index in [1.54, 1.807) is 25.7 Å². The van der Waals surface area contributed by atoms with Crippen molar-refractivity contribution in [2.45, 2.75) is 130 Å². The SMILES string of the molecule is CCCCCCCCN(C(=O)CNC(=O)OC(C)(C)C)C(C(=O)NC1CCCCC1)c1ccc(C)cc1C. The Labute approximate surface area is 230 Å². The smallest absolute Gasteiger partial charge is 0.408 e. The topological polar surface area (TPSA) is 87.7 Å². The summed E-state index contributed by atoms with van der Waals surface area (Å²) in [6, 6.07) is 5.41. The van der Waals surface area contributed by atoms with Gasteiger partial charge in [-0.15, -0.1) is 0 Å². The Hall–Kier alpha value is -2.57. The third kappa shape index (κ3) is 11.0. The highest BCUT2D eigenvalue weighted by atomic mass is 16.6. The lowest BCUT2D eigenvalue weighted by atomic mass is 9.93. The van der Waals surface area contributed by atoms with Crippen molar-refractivity contribution in [2.75, 3.05) is 13.1 Å². The monoisotopic (exact) mass is 529 g/mol. The van der Waals surface area contributed by atoms with Crippen molar-refractivity contribution < 1.29 is 19.1 Å². The maximum atomic E-state index is 13.9. The number of benzene rings is 1. The minimum atomic E-state index is -0.749. The normalized spacial score (nSPS) is 15.0. The van der Waals surface area contributed by atoms with Crippen molar-refractivity contribution in [3.8, 4) is 0 Å². The van der Waals surface area contributed by atoms with E-state index in [2.05, 4.69) is 23.6 Å². The zero-order valence-corrected chi connectivity index (χ0v) is 24.7. The summed E-state index contributed by atoms with van der Waals surface area (Å²) >= 11 is 0. The molecular weight excluding hydrogens is 478 g/mol. The Balaban J connectivity index is 2.29. The molecule has 0 aliphatic heterocycles. The van der Waals surface area contributed by atoms with Crippen molar-refractivity contribution in [1.82, 2.24) is 15.5 Å². The van der Waals surface area contributed by atoms with E-state index < -0.39 is 17.7 Å². The summed E-state index contributed by atoms with van der Waals surface area (Å²) in [4.78, 5) is 41.5. The maximum absolute atomic E-state index is 13.9. The van der Waals surface area contributed by atoms with E-state index in [-0.39, 0.29) is 24.4 Å². The van der Waals surface area contributed by atoms with Crippen LogP contribution in [-0.4, -0.2) is 47.5 Å². The Bertz CT molecular complexity index is 903. The molecule has 0 radical (unpaired) electrons. The number of unbranched alkanes of at least 4 members (excludes halogenated alkanes) is 5. The van der Waals surface area contributed by atoms with Gasteiger partial charge in [0.15, 0.2) is 0 Å². The Kier molecular flexibility index (Phi) is 13.1. The molecule has 3 amide bonds. The number of nitrogens with one attached hydrogen (secondary N) is 2. The first-order valence-electron chi connectivity index (χ1n) is 14.7. The van der Waals surface area contributed by atoms with Gasteiger partial charge in [-0.05, 0) is 65.0 Å². The molecule has 0 bridgehead atoms.